The molecule has 0 saturated carbocycles. The molecule has 0 aliphatic carbocycles. The fraction of sp³-hybridized carbons (Fsp3) is 0.100. The standard InChI is InChI=1S/C30H26N2O6/c1-36-28(33)22-13-15-23(16-14-22)31-30(35)32-24-17-18-26(25(19-24)29(34)37-2)38-27(20-9-5-3-6-10-20)21-11-7-4-8-12-21/h3-19,27H,1-2H3,(H2,31,32,35). The first-order valence-electron chi connectivity index (χ1n) is 11.7. The van der Waals surface area contributed by atoms with Crippen LogP contribution < -0.4 is 15.4 Å². The minimum atomic E-state index is -0.609. The molecule has 2 N–H and O–H groups in total. The molecule has 0 aliphatic heterocycles. The van der Waals surface area contributed by atoms with Crippen molar-refractivity contribution in [2.75, 3.05) is 24.9 Å². The molecule has 38 heavy (non-hydrogen) atoms. The smallest absolute Gasteiger partial charge is 0.341 e. The van der Waals surface area contributed by atoms with Crippen molar-refractivity contribution in [2.24, 2.45) is 0 Å². The number of methoxy groups -OCH3 is 2. The summed E-state index contributed by atoms with van der Waals surface area (Å²) < 4.78 is 16.0. The number of nitrogens with one attached hydrogen (secondary N) is 2. The number of urea groups is 1. The lowest BCUT2D eigenvalue weighted by Crippen LogP contribution is -2.20. The van der Waals surface area contributed by atoms with Crippen LogP contribution in [0.1, 0.15) is 37.9 Å². The molecule has 4 aromatic carbocycles. The van der Waals surface area contributed by atoms with Crippen molar-refractivity contribution in [1.82, 2.24) is 0 Å². The average Bonchev–Trinajstić information content (AvgIpc) is 2.96. The number of amides is 2. The SMILES string of the molecule is COC(=O)c1ccc(NC(=O)Nc2ccc(OC(c3ccccc3)c3ccccc3)c(C(=O)OC)c2)cc1. The van der Waals surface area contributed by atoms with Crippen molar-refractivity contribution >= 4 is 29.3 Å². The summed E-state index contributed by atoms with van der Waals surface area (Å²) in [6.45, 7) is 0. The Morgan fingerprint density at radius 3 is 1.71 bits per heavy atom. The van der Waals surface area contributed by atoms with Crippen LogP contribution in [-0.2, 0) is 9.47 Å². The second-order valence-electron chi connectivity index (χ2n) is 8.17. The highest BCUT2D eigenvalue weighted by Crippen LogP contribution is 2.32. The summed E-state index contributed by atoms with van der Waals surface area (Å²) in [4.78, 5) is 36.8. The molecule has 0 fully saturated rings. The van der Waals surface area contributed by atoms with Gasteiger partial charge in [0.15, 0.2) is 0 Å². The van der Waals surface area contributed by atoms with Gasteiger partial charge in [0.2, 0.25) is 0 Å². The lowest BCUT2D eigenvalue weighted by molar-refractivity contribution is 0.0588. The first-order chi connectivity index (χ1) is 18.5. The summed E-state index contributed by atoms with van der Waals surface area (Å²) in [5, 5.41) is 5.37. The van der Waals surface area contributed by atoms with Crippen molar-refractivity contribution in [2.45, 2.75) is 6.10 Å². The Hall–Kier alpha value is -5.11. The minimum Gasteiger partial charge on any atom is -0.480 e. The maximum absolute atomic E-state index is 12.7. The van der Waals surface area contributed by atoms with E-state index >= 15 is 0 Å². The predicted molar refractivity (Wildman–Crippen MR) is 144 cm³/mol. The third-order valence-electron chi connectivity index (χ3n) is 5.66. The third kappa shape index (κ3) is 6.36. The molecule has 0 unspecified atom stereocenters. The van der Waals surface area contributed by atoms with Gasteiger partial charge in [0.05, 0.1) is 19.8 Å². The summed E-state index contributed by atoms with van der Waals surface area (Å²) in [7, 11) is 2.58. The lowest BCUT2D eigenvalue weighted by atomic mass is 10.0. The number of ether oxygens (including phenoxy) is 3. The van der Waals surface area contributed by atoms with E-state index in [0.29, 0.717) is 22.7 Å². The van der Waals surface area contributed by atoms with Gasteiger partial charge in [-0.2, -0.15) is 0 Å². The zero-order valence-electron chi connectivity index (χ0n) is 20.8. The van der Waals surface area contributed by atoms with Crippen LogP contribution in [0, 0.1) is 0 Å². The molecule has 0 spiro atoms. The average molecular weight is 511 g/mol. The molecule has 0 radical (unpaired) electrons. The van der Waals surface area contributed by atoms with Crippen molar-refractivity contribution < 1.29 is 28.6 Å². The molecule has 8 nitrogen and oxygen atoms in total. The zero-order chi connectivity index (χ0) is 26.9. The quantitative estimate of drug-likeness (QED) is 0.279. The molecule has 0 bridgehead atoms. The van der Waals surface area contributed by atoms with E-state index in [1.807, 2.05) is 60.7 Å². The van der Waals surface area contributed by atoms with Crippen molar-refractivity contribution in [1.29, 1.82) is 0 Å². The molecular formula is C30H26N2O6. The topological polar surface area (TPSA) is 103 Å². The number of carbonyl (C=O) groups excluding carboxylic acids is 3. The van der Waals surface area contributed by atoms with E-state index in [0.717, 1.165) is 11.1 Å². The summed E-state index contributed by atoms with van der Waals surface area (Å²) in [6.07, 6.45) is -0.476. The Morgan fingerprint density at radius 2 is 1.16 bits per heavy atom. The van der Waals surface area contributed by atoms with Gasteiger partial charge in [-0.05, 0) is 53.6 Å². The Kier molecular flexibility index (Phi) is 8.35. The number of benzene rings is 4. The van der Waals surface area contributed by atoms with Crippen molar-refractivity contribution in [3.05, 3.63) is 125 Å². The molecule has 192 valence electrons. The van der Waals surface area contributed by atoms with Gasteiger partial charge in [0, 0.05) is 11.4 Å². The van der Waals surface area contributed by atoms with E-state index in [1.165, 1.54) is 20.3 Å². The normalized spacial score (nSPS) is 10.4. The first-order valence-corrected chi connectivity index (χ1v) is 11.7. The van der Waals surface area contributed by atoms with Gasteiger partial charge in [-0.3, -0.25) is 0 Å². The third-order valence-corrected chi connectivity index (χ3v) is 5.66. The highest BCUT2D eigenvalue weighted by atomic mass is 16.5. The van der Waals surface area contributed by atoms with Crippen LogP contribution in [0.2, 0.25) is 0 Å². The van der Waals surface area contributed by atoms with E-state index in [4.69, 9.17) is 9.47 Å². The van der Waals surface area contributed by atoms with Crippen molar-refractivity contribution in [3.8, 4) is 5.75 Å². The second kappa shape index (κ2) is 12.2. The lowest BCUT2D eigenvalue weighted by Gasteiger charge is -2.22. The molecule has 2 amide bonds. The van der Waals surface area contributed by atoms with Gasteiger partial charge >= 0.3 is 18.0 Å². The van der Waals surface area contributed by atoms with Crippen molar-refractivity contribution in [3.63, 3.8) is 0 Å². The Labute approximate surface area is 220 Å². The molecule has 0 aromatic heterocycles. The van der Waals surface area contributed by atoms with Crippen LogP contribution >= 0.6 is 0 Å². The molecule has 0 saturated heterocycles. The summed E-state index contributed by atoms with van der Waals surface area (Å²) in [5.41, 5.74) is 3.17. The summed E-state index contributed by atoms with van der Waals surface area (Å²) >= 11 is 0. The molecule has 4 rings (SSSR count). The highest BCUT2D eigenvalue weighted by molar-refractivity contribution is 6.01. The van der Waals surface area contributed by atoms with E-state index in [1.54, 1.807) is 36.4 Å². The number of hydrogen-bond donors (Lipinski definition) is 2. The van der Waals surface area contributed by atoms with Crippen LogP contribution in [0.4, 0.5) is 16.2 Å². The Balaban J connectivity index is 1.55. The van der Waals surface area contributed by atoms with E-state index in [-0.39, 0.29) is 5.56 Å². The highest BCUT2D eigenvalue weighted by Gasteiger charge is 2.21. The molecule has 4 aromatic rings. The Morgan fingerprint density at radius 1 is 0.632 bits per heavy atom. The fourth-order valence-corrected chi connectivity index (χ4v) is 3.79. The van der Waals surface area contributed by atoms with Crippen LogP contribution in [0.25, 0.3) is 0 Å². The van der Waals surface area contributed by atoms with Gasteiger partial charge in [-0.15, -0.1) is 0 Å². The van der Waals surface area contributed by atoms with Gasteiger partial charge in [0.25, 0.3) is 0 Å². The number of esters is 2. The Bertz CT molecular complexity index is 1370. The maximum atomic E-state index is 12.7. The molecular weight excluding hydrogens is 484 g/mol. The molecule has 0 heterocycles. The van der Waals surface area contributed by atoms with Gasteiger partial charge in [0.1, 0.15) is 17.4 Å². The van der Waals surface area contributed by atoms with Crippen LogP contribution in [-0.4, -0.2) is 32.2 Å². The predicted octanol–water partition coefficient (Wildman–Crippen LogP) is 6.07. The number of anilines is 2. The van der Waals surface area contributed by atoms with E-state index in [2.05, 4.69) is 15.4 Å². The maximum Gasteiger partial charge on any atom is 0.341 e. The molecule has 0 aliphatic rings. The largest absolute Gasteiger partial charge is 0.480 e. The van der Waals surface area contributed by atoms with E-state index in [9.17, 15) is 14.4 Å². The number of rotatable bonds is 8. The zero-order valence-corrected chi connectivity index (χ0v) is 20.8. The van der Waals surface area contributed by atoms with Gasteiger partial charge < -0.3 is 24.8 Å². The summed E-state index contributed by atoms with van der Waals surface area (Å²) in [6, 6.07) is 29.8. The molecule has 8 heteroatoms. The summed E-state index contributed by atoms with van der Waals surface area (Å²) in [5.74, 6) is -0.776. The van der Waals surface area contributed by atoms with Gasteiger partial charge in [-0.25, -0.2) is 14.4 Å². The second-order valence-corrected chi connectivity index (χ2v) is 8.17. The molecule has 0 atom stereocenters. The fourth-order valence-electron chi connectivity index (χ4n) is 3.79. The monoisotopic (exact) mass is 510 g/mol. The minimum absolute atomic E-state index is 0.157. The van der Waals surface area contributed by atoms with Crippen LogP contribution in [0.3, 0.4) is 0 Å². The number of carbonyl (C=O) groups is 3. The van der Waals surface area contributed by atoms with Crippen LogP contribution in [0.15, 0.2) is 103 Å². The van der Waals surface area contributed by atoms with Gasteiger partial charge in [-0.1, -0.05) is 60.7 Å². The first kappa shape index (κ1) is 26.0. The van der Waals surface area contributed by atoms with E-state index < -0.39 is 24.1 Å². The van der Waals surface area contributed by atoms with Crippen LogP contribution in [0.5, 0.6) is 5.75 Å². The number of hydrogen-bond acceptors (Lipinski definition) is 6.